The van der Waals surface area contributed by atoms with Crippen molar-refractivity contribution < 1.29 is 23.8 Å². The lowest BCUT2D eigenvalue weighted by Gasteiger charge is -2.34. The number of ether oxygens (including phenoxy) is 2. The average Bonchev–Trinajstić information content (AvgIpc) is 3.01. The molecule has 3 rings (SSSR count). The molecule has 0 bridgehead atoms. The molecule has 2 aromatic rings. The highest BCUT2D eigenvalue weighted by Gasteiger charge is 2.40. The fourth-order valence-corrected chi connectivity index (χ4v) is 3.25. The van der Waals surface area contributed by atoms with E-state index in [4.69, 9.17) is 19.0 Å². The molecule has 0 atom stereocenters. The standard InChI is InChI=1S/C21H27NO5/c1-14-8-4-6-10-17(14)19-22-18(15(2)27-19)11-7-5-9-16-12-25-21(3,20(23)24)26-13-16/h4,6,8,10,16H,5,7,9,11-13H2,1-3H3,(H,23,24). The van der Waals surface area contributed by atoms with Crippen LogP contribution in [0.15, 0.2) is 28.7 Å². The first-order chi connectivity index (χ1) is 12.9. The van der Waals surface area contributed by atoms with Crippen LogP contribution < -0.4 is 0 Å². The SMILES string of the molecule is Cc1ccccc1-c1nc(CCCCC2COC(C)(C(=O)O)OC2)c(C)o1. The monoisotopic (exact) mass is 373 g/mol. The molecule has 146 valence electrons. The highest BCUT2D eigenvalue weighted by atomic mass is 16.7. The van der Waals surface area contributed by atoms with E-state index in [-0.39, 0.29) is 5.92 Å². The number of aryl methyl sites for hydroxylation is 3. The van der Waals surface area contributed by atoms with Crippen LogP contribution in [-0.4, -0.2) is 35.1 Å². The maximum Gasteiger partial charge on any atom is 0.364 e. The van der Waals surface area contributed by atoms with Gasteiger partial charge in [-0.25, -0.2) is 9.78 Å². The summed E-state index contributed by atoms with van der Waals surface area (Å²) < 4.78 is 16.6. The predicted molar refractivity (Wildman–Crippen MR) is 100 cm³/mol. The van der Waals surface area contributed by atoms with Gasteiger partial charge in [0, 0.05) is 18.4 Å². The Kier molecular flexibility index (Phi) is 5.97. The molecule has 1 fully saturated rings. The number of aromatic nitrogens is 1. The van der Waals surface area contributed by atoms with Crippen LogP contribution >= 0.6 is 0 Å². The molecular weight excluding hydrogens is 346 g/mol. The Bertz CT molecular complexity index is 790. The first-order valence-corrected chi connectivity index (χ1v) is 9.42. The summed E-state index contributed by atoms with van der Waals surface area (Å²) in [6.07, 6.45) is 3.81. The Balaban J connectivity index is 1.47. The second-order valence-corrected chi connectivity index (χ2v) is 7.32. The summed E-state index contributed by atoms with van der Waals surface area (Å²) in [6.45, 7) is 6.30. The van der Waals surface area contributed by atoms with E-state index in [2.05, 4.69) is 18.0 Å². The molecule has 1 N–H and O–H groups in total. The van der Waals surface area contributed by atoms with Crippen molar-refractivity contribution in [2.75, 3.05) is 13.2 Å². The molecule has 0 amide bonds. The highest BCUT2D eigenvalue weighted by Crippen LogP contribution is 2.27. The van der Waals surface area contributed by atoms with Gasteiger partial charge in [0.2, 0.25) is 5.89 Å². The van der Waals surface area contributed by atoms with E-state index < -0.39 is 11.8 Å². The van der Waals surface area contributed by atoms with Crippen molar-refractivity contribution in [3.8, 4) is 11.5 Å². The van der Waals surface area contributed by atoms with Crippen LogP contribution in [0.2, 0.25) is 0 Å². The van der Waals surface area contributed by atoms with Gasteiger partial charge in [0.25, 0.3) is 5.79 Å². The molecule has 27 heavy (non-hydrogen) atoms. The third-order valence-electron chi connectivity index (χ3n) is 5.12. The Labute approximate surface area is 159 Å². The number of carboxylic acids is 1. The fraction of sp³-hybridized carbons (Fsp3) is 0.524. The van der Waals surface area contributed by atoms with E-state index in [0.29, 0.717) is 19.1 Å². The summed E-state index contributed by atoms with van der Waals surface area (Å²) in [7, 11) is 0. The molecule has 0 aliphatic carbocycles. The second-order valence-electron chi connectivity index (χ2n) is 7.32. The smallest absolute Gasteiger partial charge is 0.364 e. The molecule has 6 heteroatoms. The summed E-state index contributed by atoms with van der Waals surface area (Å²) in [5, 5.41) is 9.09. The molecule has 1 aliphatic rings. The normalized spacial score (nSPS) is 22.7. The lowest BCUT2D eigenvalue weighted by Crippen LogP contribution is -2.47. The Morgan fingerprint density at radius 2 is 1.93 bits per heavy atom. The van der Waals surface area contributed by atoms with E-state index in [0.717, 1.165) is 48.3 Å². The van der Waals surface area contributed by atoms with Crippen LogP contribution in [0, 0.1) is 19.8 Å². The summed E-state index contributed by atoms with van der Waals surface area (Å²) in [6, 6.07) is 8.08. The van der Waals surface area contributed by atoms with Crippen LogP contribution in [0.1, 0.15) is 43.2 Å². The molecule has 1 aromatic carbocycles. The van der Waals surface area contributed by atoms with Gasteiger partial charge < -0.3 is 19.0 Å². The van der Waals surface area contributed by atoms with Crippen molar-refractivity contribution in [1.29, 1.82) is 0 Å². The molecular formula is C21H27NO5. The van der Waals surface area contributed by atoms with Gasteiger partial charge in [-0.1, -0.05) is 24.6 Å². The van der Waals surface area contributed by atoms with E-state index in [1.807, 2.05) is 25.1 Å². The van der Waals surface area contributed by atoms with Crippen LogP contribution in [0.4, 0.5) is 0 Å². The van der Waals surface area contributed by atoms with Crippen LogP contribution in [0.25, 0.3) is 11.5 Å². The maximum atomic E-state index is 11.1. The maximum absolute atomic E-state index is 11.1. The molecule has 0 radical (unpaired) electrons. The Morgan fingerprint density at radius 1 is 1.22 bits per heavy atom. The van der Waals surface area contributed by atoms with Crippen molar-refractivity contribution in [3.05, 3.63) is 41.3 Å². The van der Waals surface area contributed by atoms with Crippen molar-refractivity contribution in [3.63, 3.8) is 0 Å². The highest BCUT2D eigenvalue weighted by molar-refractivity contribution is 5.75. The minimum Gasteiger partial charge on any atom is -0.477 e. The third-order valence-corrected chi connectivity index (χ3v) is 5.12. The topological polar surface area (TPSA) is 81.8 Å². The number of hydrogen-bond acceptors (Lipinski definition) is 5. The van der Waals surface area contributed by atoms with Crippen molar-refractivity contribution in [2.45, 2.75) is 52.2 Å². The predicted octanol–water partition coefficient (Wildman–Crippen LogP) is 4.14. The molecule has 6 nitrogen and oxygen atoms in total. The molecule has 0 spiro atoms. The van der Waals surface area contributed by atoms with Gasteiger partial charge in [0.05, 0.1) is 18.9 Å². The van der Waals surface area contributed by atoms with Gasteiger partial charge in [0.15, 0.2) is 0 Å². The third kappa shape index (κ3) is 4.57. The summed E-state index contributed by atoms with van der Waals surface area (Å²) in [4.78, 5) is 15.8. The van der Waals surface area contributed by atoms with Gasteiger partial charge in [-0.15, -0.1) is 0 Å². The van der Waals surface area contributed by atoms with E-state index >= 15 is 0 Å². The van der Waals surface area contributed by atoms with E-state index in [9.17, 15) is 4.79 Å². The summed E-state index contributed by atoms with van der Waals surface area (Å²) >= 11 is 0. The minimum atomic E-state index is -1.50. The van der Waals surface area contributed by atoms with Gasteiger partial charge in [0.1, 0.15) is 5.76 Å². The molecule has 0 unspecified atom stereocenters. The van der Waals surface area contributed by atoms with Gasteiger partial charge >= 0.3 is 5.97 Å². The zero-order valence-corrected chi connectivity index (χ0v) is 16.2. The molecule has 1 aromatic heterocycles. The van der Waals surface area contributed by atoms with E-state index in [1.165, 1.54) is 6.92 Å². The Hall–Kier alpha value is -2.18. The number of hydrogen-bond donors (Lipinski definition) is 1. The average molecular weight is 373 g/mol. The molecule has 1 saturated heterocycles. The van der Waals surface area contributed by atoms with Crippen LogP contribution in [0.3, 0.4) is 0 Å². The zero-order chi connectivity index (χ0) is 19.4. The number of unbranched alkanes of at least 4 members (excludes halogenated alkanes) is 1. The largest absolute Gasteiger partial charge is 0.477 e. The van der Waals surface area contributed by atoms with Gasteiger partial charge in [-0.05, 0) is 44.7 Å². The molecule has 0 saturated carbocycles. The summed E-state index contributed by atoms with van der Waals surface area (Å²) in [5.41, 5.74) is 3.18. The van der Waals surface area contributed by atoms with Crippen molar-refractivity contribution >= 4 is 5.97 Å². The molecule has 1 aliphatic heterocycles. The number of aliphatic carboxylic acids is 1. The lowest BCUT2D eigenvalue weighted by molar-refractivity contribution is -0.271. The number of nitrogens with zero attached hydrogens (tertiary/aromatic N) is 1. The molecule has 2 heterocycles. The van der Waals surface area contributed by atoms with Crippen molar-refractivity contribution in [1.82, 2.24) is 4.98 Å². The number of benzene rings is 1. The number of carbonyl (C=O) groups is 1. The fourth-order valence-electron chi connectivity index (χ4n) is 3.25. The summed E-state index contributed by atoms with van der Waals surface area (Å²) in [5.74, 6) is -0.789. The first kappa shape index (κ1) is 19.6. The van der Waals surface area contributed by atoms with Crippen molar-refractivity contribution in [2.24, 2.45) is 5.92 Å². The van der Waals surface area contributed by atoms with Gasteiger partial charge in [-0.2, -0.15) is 0 Å². The van der Waals surface area contributed by atoms with E-state index in [1.54, 1.807) is 0 Å². The van der Waals surface area contributed by atoms with Gasteiger partial charge in [-0.3, -0.25) is 0 Å². The van der Waals surface area contributed by atoms with Crippen LogP contribution in [0.5, 0.6) is 0 Å². The quantitative estimate of drug-likeness (QED) is 0.735. The minimum absolute atomic E-state index is 0.235. The number of rotatable bonds is 7. The first-order valence-electron chi connectivity index (χ1n) is 9.42. The number of carboxylic acid groups (broad SMARTS) is 1. The van der Waals surface area contributed by atoms with Crippen LogP contribution in [-0.2, 0) is 20.7 Å². The second kappa shape index (κ2) is 8.23. The zero-order valence-electron chi connectivity index (χ0n) is 16.2. The lowest BCUT2D eigenvalue weighted by atomic mass is 10.0. The Morgan fingerprint density at radius 3 is 2.59 bits per heavy atom. The number of oxazole rings is 1.